The standard InChI is InChI=1S/C21H25F2N3O4/c1-20(2,3)30-19(29)25-9-15-16(18(27)28)24-17(26(15)11-21(4,5)10-25)12-6-7-13(22)14(23)8-12/h6-8H,9-11H2,1-5H3,(H,27,28). The van der Waals surface area contributed by atoms with Gasteiger partial charge in [-0.25, -0.2) is 23.4 Å². The number of amides is 1. The minimum absolute atomic E-state index is 0.0311. The van der Waals surface area contributed by atoms with Gasteiger partial charge in [-0.05, 0) is 39.0 Å². The molecular weight excluding hydrogens is 396 g/mol. The quantitative estimate of drug-likeness (QED) is 0.781. The van der Waals surface area contributed by atoms with Crippen molar-refractivity contribution in [3.05, 3.63) is 41.2 Å². The number of nitrogens with zero attached hydrogens (tertiary/aromatic N) is 3. The number of ether oxygens (including phenoxy) is 1. The van der Waals surface area contributed by atoms with Gasteiger partial charge in [0, 0.05) is 24.1 Å². The number of fused-ring (bicyclic) bond motifs is 1. The highest BCUT2D eigenvalue weighted by molar-refractivity contribution is 5.88. The van der Waals surface area contributed by atoms with E-state index in [0.717, 1.165) is 12.1 Å². The van der Waals surface area contributed by atoms with Crippen molar-refractivity contribution in [2.24, 2.45) is 5.41 Å². The second-order valence-electron chi connectivity index (χ2n) is 9.25. The van der Waals surface area contributed by atoms with Crippen LogP contribution in [0, 0.1) is 17.0 Å². The molecule has 0 bridgehead atoms. The first kappa shape index (κ1) is 21.7. The van der Waals surface area contributed by atoms with Crippen molar-refractivity contribution in [1.29, 1.82) is 0 Å². The van der Waals surface area contributed by atoms with Crippen molar-refractivity contribution in [1.82, 2.24) is 14.5 Å². The Labute approximate surface area is 173 Å². The monoisotopic (exact) mass is 421 g/mol. The molecular formula is C21H25F2N3O4. The van der Waals surface area contributed by atoms with Crippen molar-refractivity contribution >= 4 is 12.1 Å². The van der Waals surface area contributed by atoms with Gasteiger partial charge >= 0.3 is 12.1 Å². The van der Waals surface area contributed by atoms with Crippen molar-refractivity contribution in [2.45, 2.75) is 53.3 Å². The lowest BCUT2D eigenvalue weighted by Gasteiger charge is -2.31. The topological polar surface area (TPSA) is 84.7 Å². The summed E-state index contributed by atoms with van der Waals surface area (Å²) < 4.78 is 34.4. The molecule has 0 saturated carbocycles. The van der Waals surface area contributed by atoms with Crippen LogP contribution in [0.25, 0.3) is 11.4 Å². The number of halogens is 2. The Bertz CT molecular complexity index is 1010. The average molecular weight is 421 g/mol. The van der Waals surface area contributed by atoms with Gasteiger partial charge in [0.1, 0.15) is 11.4 Å². The molecule has 0 radical (unpaired) electrons. The molecule has 7 nitrogen and oxygen atoms in total. The molecule has 9 heteroatoms. The Balaban J connectivity index is 2.13. The van der Waals surface area contributed by atoms with Crippen molar-refractivity contribution < 1.29 is 28.2 Å². The summed E-state index contributed by atoms with van der Waals surface area (Å²) in [6, 6.07) is 3.31. The molecule has 2 aromatic rings. The Morgan fingerprint density at radius 2 is 1.83 bits per heavy atom. The number of carbonyl (C=O) groups excluding carboxylic acids is 1. The highest BCUT2D eigenvalue weighted by Crippen LogP contribution is 2.33. The van der Waals surface area contributed by atoms with Gasteiger partial charge in [0.15, 0.2) is 17.3 Å². The van der Waals surface area contributed by atoms with Crippen molar-refractivity contribution in [3.8, 4) is 11.4 Å². The zero-order chi connectivity index (χ0) is 22.4. The van der Waals surface area contributed by atoms with Crippen LogP contribution in [-0.4, -0.2) is 43.8 Å². The van der Waals surface area contributed by atoms with E-state index in [0.29, 0.717) is 18.8 Å². The Hall–Kier alpha value is -2.97. The number of carboxylic acid groups (broad SMARTS) is 1. The molecule has 0 fully saturated rings. The minimum atomic E-state index is -1.27. The zero-order valence-corrected chi connectivity index (χ0v) is 17.6. The predicted molar refractivity (Wildman–Crippen MR) is 105 cm³/mol. The molecule has 30 heavy (non-hydrogen) atoms. The summed E-state index contributed by atoms with van der Waals surface area (Å²) in [5.41, 5.74) is -0.851. The lowest BCUT2D eigenvalue weighted by atomic mass is 9.93. The van der Waals surface area contributed by atoms with Gasteiger partial charge in [0.25, 0.3) is 0 Å². The van der Waals surface area contributed by atoms with Crippen LogP contribution in [-0.2, 0) is 17.8 Å². The number of aromatic nitrogens is 2. The second-order valence-corrected chi connectivity index (χ2v) is 9.25. The van der Waals surface area contributed by atoms with Crippen molar-refractivity contribution in [3.63, 3.8) is 0 Å². The van der Waals surface area contributed by atoms with E-state index < -0.39 is 34.7 Å². The number of aromatic carboxylic acids is 1. The first-order valence-corrected chi connectivity index (χ1v) is 9.53. The van der Waals surface area contributed by atoms with Gasteiger partial charge in [0.05, 0.1) is 12.2 Å². The molecule has 1 aliphatic heterocycles. The van der Waals surface area contributed by atoms with Crippen LogP contribution < -0.4 is 0 Å². The van der Waals surface area contributed by atoms with Crippen LogP contribution in [0.1, 0.15) is 50.8 Å². The largest absolute Gasteiger partial charge is 0.476 e. The van der Waals surface area contributed by atoms with Crippen LogP contribution in [0.4, 0.5) is 13.6 Å². The minimum Gasteiger partial charge on any atom is -0.476 e. The van der Waals surface area contributed by atoms with Gasteiger partial charge in [-0.1, -0.05) is 13.8 Å². The Morgan fingerprint density at radius 1 is 1.17 bits per heavy atom. The Kier molecular flexibility index (Phi) is 5.34. The maximum atomic E-state index is 13.8. The molecule has 162 valence electrons. The molecule has 1 N–H and O–H groups in total. The van der Waals surface area contributed by atoms with Gasteiger partial charge in [-0.2, -0.15) is 0 Å². The summed E-state index contributed by atoms with van der Waals surface area (Å²) in [6.45, 7) is 9.72. The second kappa shape index (κ2) is 7.37. The van der Waals surface area contributed by atoms with Gasteiger partial charge in [-0.15, -0.1) is 0 Å². The van der Waals surface area contributed by atoms with E-state index in [1.807, 2.05) is 13.8 Å². The summed E-state index contributed by atoms with van der Waals surface area (Å²) in [5.74, 6) is -3.11. The number of imidazole rings is 1. The first-order chi connectivity index (χ1) is 13.8. The van der Waals surface area contributed by atoms with E-state index in [1.54, 1.807) is 25.3 Å². The summed E-state index contributed by atoms with van der Waals surface area (Å²) >= 11 is 0. The SMILES string of the molecule is CC1(C)CN(C(=O)OC(C)(C)C)Cc2c(C(=O)O)nc(-c3ccc(F)c(F)c3)n2C1. The van der Waals surface area contributed by atoms with E-state index in [9.17, 15) is 23.5 Å². The first-order valence-electron chi connectivity index (χ1n) is 9.53. The maximum Gasteiger partial charge on any atom is 0.410 e. The molecule has 3 rings (SSSR count). The fourth-order valence-electron chi connectivity index (χ4n) is 3.53. The fourth-order valence-corrected chi connectivity index (χ4v) is 3.53. The third-order valence-corrected chi connectivity index (χ3v) is 4.65. The zero-order valence-electron chi connectivity index (χ0n) is 17.6. The number of hydrogen-bond acceptors (Lipinski definition) is 4. The number of rotatable bonds is 2. The maximum absolute atomic E-state index is 13.8. The van der Waals surface area contributed by atoms with Crippen molar-refractivity contribution in [2.75, 3.05) is 6.54 Å². The molecule has 1 amide bonds. The summed E-state index contributed by atoms with van der Waals surface area (Å²) in [5, 5.41) is 9.69. The molecule has 0 atom stereocenters. The number of benzene rings is 1. The van der Waals surface area contributed by atoms with Crippen LogP contribution >= 0.6 is 0 Å². The lowest BCUT2D eigenvalue weighted by Crippen LogP contribution is -2.41. The molecule has 2 heterocycles. The summed E-state index contributed by atoms with van der Waals surface area (Å²) in [6.07, 6.45) is -0.559. The van der Waals surface area contributed by atoms with E-state index in [2.05, 4.69) is 4.98 Å². The molecule has 0 spiro atoms. The number of carboxylic acids is 1. The third kappa shape index (κ3) is 4.44. The van der Waals surface area contributed by atoms with E-state index in [1.165, 1.54) is 11.0 Å². The van der Waals surface area contributed by atoms with Gasteiger partial charge in [0.2, 0.25) is 0 Å². The predicted octanol–water partition coefficient (Wildman–Crippen LogP) is 4.30. The Morgan fingerprint density at radius 3 is 2.40 bits per heavy atom. The molecule has 1 aromatic heterocycles. The highest BCUT2D eigenvalue weighted by Gasteiger charge is 2.36. The van der Waals surface area contributed by atoms with Gasteiger partial charge in [-0.3, -0.25) is 0 Å². The summed E-state index contributed by atoms with van der Waals surface area (Å²) in [4.78, 5) is 30.3. The molecule has 0 unspecified atom stereocenters. The average Bonchev–Trinajstić information content (AvgIpc) is 2.85. The molecule has 1 aromatic carbocycles. The smallest absolute Gasteiger partial charge is 0.410 e. The number of carbonyl (C=O) groups is 2. The van der Waals surface area contributed by atoms with Crippen LogP contribution in [0.3, 0.4) is 0 Å². The van der Waals surface area contributed by atoms with Crippen LogP contribution in [0.5, 0.6) is 0 Å². The fraction of sp³-hybridized carbons (Fsp3) is 0.476. The van der Waals surface area contributed by atoms with Gasteiger partial charge < -0.3 is 19.3 Å². The third-order valence-electron chi connectivity index (χ3n) is 4.65. The van der Waals surface area contributed by atoms with Crippen LogP contribution in [0.15, 0.2) is 18.2 Å². The van der Waals surface area contributed by atoms with E-state index in [-0.39, 0.29) is 23.6 Å². The lowest BCUT2D eigenvalue weighted by molar-refractivity contribution is 0.0168. The van der Waals surface area contributed by atoms with E-state index in [4.69, 9.17) is 4.74 Å². The van der Waals surface area contributed by atoms with Crippen LogP contribution in [0.2, 0.25) is 0 Å². The number of hydrogen-bond donors (Lipinski definition) is 1. The normalized spacial score (nSPS) is 16.0. The molecule has 0 saturated heterocycles. The summed E-state index contributed by atoms with van der Waals surface area (Å²) in [7, 11) is 0. The molecule has 0 aliphatic carbocycles. The van der Waals surface area contributed by atoms with E-state index >= 15 is 0 Å². The molecule has 1 aliphatic rings. The highest BCUT2D eigenvalue weighted by atomic mass is 19.2.